The van der Waals surface area contributed by atoms with Crippen LogP contribution in [0.1, 0.15) is 21.5 Å². The monoisotopic (exact) mass is 353 g/mol. The van der Waals surface area contributed by atoms with E-state index in [1.54, 1.807) is 18.2 Å². The molecule has 0 aliphatic carbocycles. The predicted octanol–water partition coefficient (Wildman–Crippen LogP) is 5.16. The number of anilines is 2. The SMILES string of the molecule is Cc1ccc(Nc2cc(Cl)c(C)cc2Br)c(C(=O)O)c1. The van der Waals surface area contributed by atoms with Gasteiger partial charge in [-0.2, -0.15) is 0 Å². The summed E-state index contributed by atoms with van der Waals surface area (Å²) in [6, 6.07) is 8.90. The van der Waals surface area contributed by atoms with Gasteiger partial charge in [-0.05, 0) is 59.6 Å². The van der Waals surface area contributed by atoms with E-state index >= 15 is 0 Å². The Balaban J connectivity index is 2.45. The third-order valence-electron chi connectivity index (χ3n) is 2.92. The minimum absolute atomic E-state index is 0.230. The third kappa shape index (κ3) is 3.14. The zero-order valence-electron chi connectivity index (χ0n) is 11.0. The van der Waals surface area contributed by atoms with Crippen LogP contribution in [0.2, 0.25) is 5.02 Å². The maximum Gasteiger partial charge on any atom is 0.337 e. The predicted molar refractivity (Wildman–Crippen MR) is 85.3 cm³/mol. The molecule has 104 valence electrons. The molecule has 2 aromatic rings. The molecular weight excluding hydrogens is 342 g/mol. The van der Waals surface area contributed by atoms with Crippen LogP contribution in [-0.4, -0.2) is 11.1 Å². The summed E-state index contributed by atoms with van der Waals surface area (Å²) >= 11 is 9.55. The number of benzene rings is 2. The van der Waals surface area contributed by atoms with E-state index in [4.69, 9.17) is 11.6 Å². The smallest absolute Gasteiger partial charge is 0.337 e. The number of aromatic carboxylic acids is 1. The van der Waals surface area contributed by atoms with Crippen molar-refractivity contribution < 1.29 is 9.90 Å². The number of rotatable bonds is 3. The Kier molecular flexibility index (Phi) is 4.35. The van der Waals surface area contributed by atoms with Crippen LogP contribution in [0.5, 0.6) is 0 Å². The van der Waals surface area contributed by atoms with Crippen molar-refractivity contribution in [2.45, 2.75) is 13.8 Å². The van der Waals surface area contributed by atoms with Gasteiger partial charge >= 0.3 is 5.97 Å². The number of carboxylic acid groups (broad SMARTS) is 1. The molecule has 0 amide bonds. The van der Waals surface area contributed by atoms with E-state index in [9.17, 15) is 9.90 Å². The van der Waals surface area contributed by atoms with Gasteiger partial charge in [-0.25, -0.2) is 4.79 Å². The molecule has 0 saturated heterocycles. The van der Waals surface area contributed by atoms with E-state index in [0.29, 0.717) is 10.7 Å². The molecule has 0 saturated carbocycles. The lowest BCUT2D eigenvalue weighted by Crippen LogP contribution is -2.03. The average molecular weight is 355 g/mol. The number of nitrogens with one attached hydrogen (secondary N) is 1. The fraction of sp³-hybridized carbons (Fsp3) is 0.133. The van der Waals surface area contributed by atoms with E-state index in [2.05, 4.69) is 21.2 Å². The van der Waals surface area contributed by atoms with Gasteiger partial charge in [-0.1, -0.05) is 23.2 Å². The summed E-state index contributed by atoms with van der Waals surface area (Å²) in [4.78, 5) is 11.3. The van der Waals surface area contributed by atoms with Gasteiger partial charge in [-0.3, -0.25) is 0 Å². The van der Waals surface area contributed by atoms with Gasteiger partial charge in [0.2, 0.25) is 0 Å². The van der Waals surface area contributed by atoms with Gasteiger partial charge in [0.25, 0.3) is 0 Å². The Bertz CT molecular complexity index is 686. The first-order valence-corrected chi connectivity index (χ1v) is 7.12. The van der Waals surface area contributed by atoms with Crippen LogP contribution >= 0.6 is 27.5 Å². The second-order valence-corrected chi connectivity index (χ2v) is 5.82. The quantitative estimate of drug-likeness (QED) is 0.800. The molecular formula is C15H13BrClNO2. The van der Waals surface area contributed by atoms with Crippen molar-refractivity contribution in [3.63, 3.8) is 0 Å². The average Bonchev–Trinajstić information content (AvgIpc) is 2.37. The van der Waals surface area contributed by atoms with Crippen LogP contribution in [0.3, 0.4) is 0 Å². The largest absolute Gasteiger partial charge is 0.478 e. The normalized spacial score (nSPS) is 10.4. The lowest BCUT2D eigenvalue weighted by molar-refractivity contribution is 0.0698. The number of halogens is 2. The topological polar surface area (TPSA) is 49.3 Å². The molecule has 0 heterocycles. The zero-order valence-corrected chi connectivity index (χ0v) is 13.3. The van der Waals surface area contributed by atoms with Gasteiger partial charge in [0.15, 0.2) is 0 Å². The molecule has 0 aliphatic heterocycles. The van der Waals surface area contributed by atoms with Crippen LogP contribution < -0.4 is 5.32 Å². The molecule has 0 unspecified atom stereocenters. The summed E-state index contributed by atoms with van der Waals surface area (Å²) < 4.78 is 0.830. The zero-order chi connectivity index (χ0) is 14.9. The van der Waals surface area contributed by atoms with Gasteiger partial charge < -0.3 is 10.4 Å². The van der Waals surface area contributed by atoms with Crippen molar-refractivity contribution >= 4 is 44.9 Å². The van der Waals surface area contributed by atoms with Crippen molar-refractivity contribution in [2.24, 2.45) is 0 Å². The number of carboxylic acids is 1. The highest BCUT2D eigenvalue weighted by Gasteiger charge is 2.12. The molecule has 2 aromatic carbocycles. The molecule has 0 atom stereocenters. The maximum absolute atomic E-state index is 11.3. The van der Waals surface area contributed by atoms with Gasteiger partial charge in [0, 0.05) is 9.50 Å². The first kappa shape index (κ1) is 14.9. The molecule has 20 heavy (non-hydrogen) atoms. The summed E-state index contributed by atoms with van der Waals surface area (Å²) in [5.41, 5.74) is 3.34. The number of hydrogen-bond acceptors (Lipinski definition) is 2. The number of carbonyl (C=O) groups is 1. The Morgan fingerprint density at radius 3 is 2.55 bits per heavy atom. The van der Waals surface area contributed by atoms with Crippen LogP contribution in [0.25, 0.3) is 0 Å². The Hall–Kier alpha value is -1.52. The van der Waals surface area contributed by atoms with E-state index in [1.165, 1.54) is 0 Å². The van der Waals surface area contributed by atoms with Gasteiger partial charge in [0.1, 0.15) is 0 Å². The van der Waals surface area contributed by atoms with Crippen LogP contribution in [0.4, 0.5) is 11.4 Å². The fourth-order valence-electron chi connectivity index (χ4n) is 1.83. The molecule has 0 radical (unpaired) electrons. The lowest BCUT2D eigenvalue weighted by atomic mass is 10.1. The highest BCUT2D eigenvalue weighted by atomic mass is 79.9. The second-order valence-electron chi connectivity index (χ2n) is 4.56. The first-order valence-electron chi connectivity index (χ1n) is 5.95. The summed E-state index contributed by atoms with van der Waals surface area (Å²) in [7, 11) is 0. The molecule has 2 N–H and O–H groups in total. The van der Waals surface area contributed by atoms with Crippen molar-refractivity contribution in [1.82, 2.24) is 0 Å². The van der Waals surface area contributed by atoms with Crippen molar-refractivity contribution in [3.8, 4) is 0 Å². The van der Waals surface area contributed by atoms with Gasteiger partial charge in [-0.15, -0.1) is 0 Å². The molecule has 0 fully saturated rings. The summed E-state index contributed by atoms with van der Waals surface area (Å²) in [6.45, 7) is 3.76. The summed E-state index contributed by atoms with van der Waals surface area (Å²) in [5, 5.41) is 13.0. The molecule has 5 heteroatoms. The van der Waals surface area contributed by atoms with E-state index in [-0.39, 0.29) is 5.56 Å². The summed E-state index contributed by atoms with van der Waals surface area (Å²) in [5.74, 6) is -0.967. The molecule has 2 rings (SSSR count). The number of aryl methyl sites for hydroxylation is 2. The van der Waals surface area contributed by atoms with Gasteiger partial charge in [0.05, 0.1) is 16.9 Å². The Labute approximate surface area is 130 Å². The molecule has 0 aliphatic rings. The standard InChI is InChI=1S/C15H13BrClNO2/c1-8-3-4-13(10(5-8)15(19)20)18-14-7-12(17)9(2)6-11(14)16/h3-7,18H,1-2H3,(H,19,20). The summed E-state index contributed by atoms with van der Waals surface area (Å²) in [6.07, 6.45) is 0. The number of hydrogen-bond donors (Lipinski definition) is 2. The molecule has 0 aromatic heterocycles. The highest BCUT2D eigenvalue weighted by molar-refractivity contribution is 9.10. The molecule has 0 spiro atoms. The molecule has 0 bridgehead atoms. The first-order chi connectivity index (χ1) is 9.38. The minimum atomic E-state index is -0.967. The van der Waals surface area contributed by atoms with E-state index < -0.39 is 5.97 Å². The van der Waals surface area contributed by atoms with Crippen LogP contribution in [0, 0.1) is 13.8 Å². The Morgan fingerprint density at radius 1 is 1.20 bits per heavy atom. The fourth-order valence-corrected chi connectivity index (χ4v) is 2.55. The lowest BCUT2D eigenvalue weighted by Gasteiger charge is -2.13. The maximum atomic E-state index is 11.3. The highest BCUT2D eigenvalue weighted by Crippen LogP contribution is 2.32. The minimum Gasteiger partial charge on any atom is -0.478 e. The van der Waals surface area contributed by atoms with Crippen LogP contribution in [0.15, 0.2) is 34.8 Å². The van der Waals surface area contributed by atoms with Crippen molar-refractivity contribution in [2.75, 3.05) is 5.32 Å². The molecule has 3 nitrogen and oxygen atoms in total. The van der Waals surface area contributed by atoms with E-state index in [1.807, 2.05) is 26.0 Å². The van der Waals surface area contributed by atoms with Crippen molar-refractivity contribution in [1.29, 1.82) is 0 Å². The van der Waals surface area contributed by atoms with Crippen molar-refractivity contribution in [3.05, 3.63) is 56.5 Å². The third-order valence-corrected chi connectivity index (χ3v) is 3.99. The Morgan fingerprint density at radius 2 is 1.90 bits per heavy atom. The van der Waals surface area contributed by atoms with E-state index in [0.717, 1.165) is 21.3 Å². The second kappa shape index (κ2) is 5.85. The van der Waals surface area contributed by atoms with Crippen LogP contribution in [-0.2, 0) is 0 Å².